The predicted molar refractivity (Wildman–Crippen MR) is 113 cm³/mol. The smallest absolute Gasteiger partial charge is 0.423 e. The Morgan fingerprint density at radius 3 is 1.66 bits per heavy atom. The number of benzene rings is 4. The van der Waals surface area contributed by atoms with Gasteiger partial charge in [-0.05, 0) is 50.5 Å². The van der Waals surface area contributed by atoms with Crippen LogP contribution in [0, 0.1) is 5.82 Å². The first-order valence-corrected chi connectivity index (χ1v) is 9.63. The highest BCUT2D eigenvalue weighted by atomic mass is 19.1. The standard InChI is InChI=1S/C25H16BFO2/c27-23-14-15(26(28)29)13-22-24(23)18-9-3-6-12-21(18)25(22)19-10-4-1-7-16(19)17-8-2-5-11-20(17)25/h1-14,28-29H. The Hall–Kier alpha value is -3.21. The van der Waals surface area contributed by atoms with E-state index >= 15 is 4.39 Å². The van der Waals surface area contributed by atoms with Crippen LogP contribution in [0.25, 0.3) is 22.3 Å². The quantitative estimate of drug-likeness (QED) is 0.427. The second kappa shape index (κ2) is 5.66. The Morgan fingerprint density at radius 2 is 1.10 bits per heavy atom. The van der Waals surface area contributed by atoms with Crippen LogP contribution >= 0.6 is 0 Å². The van der Waals surface area contributed by atoms with Gasteiger partial charge in [0.05, 0.1) is 5.41 Å². The van der Waals surface area contributed by atoms with Gasteiger partial charge in [-0.25, -0.2) is 4.39 Å². The van der Waals surface area contributed by atoms with E-state index in [1.54, 1.807) is 6.07 Å². The number of hydrogen-bond donors (Lipinski definition) is 2. The van der Waals surface area contributed by atoms with E-state index in [0.717, 1.165) is 38.9 Å². The van der Waals surface area contributed by atoms with E-state index in [2.05, 4.69) is 30.3 Å². The van der Waals surface area contributed by atoms with Gasteiger partial charge in [0, 0.05) is 5.56 Å². The minimum atomic E-state index is -1.73. The summed E-state index contributed by atoms with van der Waals surface area (Å²) in [6.45, 7) is 0. The van der Waals surface area contributed by atoms with E-state index < -0.39 is 18.4 Å². The van der Waals surface area contributed by atoms with E-state index in [9.17, 15) is 10.0 Å². The molecular formula is C25H16BFO2. The van der Waals surface area contributed by atoms with Crippen molar-refractivity contribution in [3.05, 3.63) is 113 Å². The molecule has 0 saturated heterocycles. The lowest BCUT2D eigenvalue weighted by Gasteiger charge is -2.30. The highest BCUT2D eigenvalue weighted by molar-refractivity contribution is 6.58. The van der Waals surface area contributed by atoms with Crippen molar-refractivity contribution < 1.29 is 14.4 Å². The van der Waals surface area contributed by atoms with E-state index in [4.69, 9.17) is 0 Å². The molecule has 2 nitrogen and oxygen atoms in total. The van der Waals surface area contributed by atoms with Gasteiger partial charge in [-0.2, -0.15) is 0 Å². The van der Waals surface area contributed by atoms with Crippen LogP contribution in [0.4, 0.5) is 4.39 Å². The van der Waals surface area contributed by atoms with Gasteiger partial charge in [0.2, 0.25) is 0 Å². The van der Waals surface area contributed by atoms with Gasteiger partial charge < -0.3 is 10.0 Å². The zero-order valence-electron chi connectivity index (χ0n) is 15.4. The summed E-state index contributed by atoms with van der Waals surface area (Å²) in [5.41, 5.74) is 7.10. The molecule has 0 unspecified atom stereocenters. The molecule has 2 N–H and O–H groups in total. The second-order valence-corrected chi connectivity index (χ2v) is 7.69. The fourth-order valence-electron chi connectivity index (χ4n) is 5.33. The summed E-state index contributed by atoms with van der Waals surface area (Å²) in [4.78, 5) is 0. The Balaban J connectivity index is 1.86. The predicted octanol–water partition coefficient (Wildman–Crippen LogP) is 3.85. The maximum Gasteiger partial charge on any atom is 0.488 e. The minimum absolute atomic E-state index is 0.162. The summed E-state index contributed by atoms with van der Waals surface area (Å²) in [5.74, 6) is -0.434. The van der Waals surface area contributed by atoms with Crippen LogP contribution in [0.1, 0.15) is 22.3 Å². The van der Waals surface area contributed by atoms with E-state index in [1.165, 1.54) is 6.07 Å². The SMILES string of the molecule is OB(O)c1cc(F)c2c(c1)C1(c3ccccc3-c3ccccc31)c1ccccc1-2. The molecule has 0 bridgehead atoms. The molecule has 138 valence electrons. The molecule has 0 radical (unpaired) electrons. The van der Waals surface area contributed by atoms with Crippen LogP contribution in [0.2, 0.25) is 0 Å². The Morgan fingerprint density at radius 1 is 0.621 bits per heavy atom. The van der Waals surface area contributed by atoms with E-state index in [-0.39, 0.29) is 5.46 Å². The molecule has 0 aromatic heterocycles. The van der Waals surface area contributed by atoms with Gasteiger partial charge in [-0.15, -0.1) is 0 Å². The Labute approximate surface area is 168 Å². The highest BCUT2D eigenvalue weighted by Gasteiger charge is 2.52. The van der Waals surface area contributed by atoms with Gasteiger partial charge in [-0.3, -0.25) is 0 Å². The fourth-order valence-corrected chi connectivity index (χ4v) is 5.33. The van der Waals surface area contributed by atoms with Gasteiger partial charge in [-0.1, -0.05) is 78.9 Å². The average molecular weight is 378 g/mol. The van der Waals surface area contributed by atoms with Crippen molar-refractivity contribution in [2.75, 3.05) is 0 Å². The number of halogens is 1. The summed E-state index contributed by atoms with van der Waals surface area (Å²) in [6.07, 6.45) is 0. The van der Waals surface area contributed by atoms with Crippen LogP contribution in [-0.2, 0) is 5.41 Å². The summed E-state index contributed by atoms with van der Waals surface area (Å²) in [6, 6.07) is 27.3. The third-order valence-corrected chi connectivity index (χ3v) is 6.37. The first-order chi connectivity index (χ1) is 14.1. The molecule has 0 heterocycles. The molecule has 2 aliphatic carbocycles. The molecule has 0 saturated carbocycles. The Kier molecular flexibility index (Phi) is 3.26. The van der Waals surface area contributed by atoms with Gasteiger partial charge in [0.1, 0.15) is 5.82 Å². The molecule has 0 atom stereocenters. The Bertz CT molecular complexity index is 1270. The molecule has 29 heavy (non-hydrogen) atoms. The van der Waals surface area contributed by atoms with Crippen molar-refractivity contribution >= 4 is 12.6 Å². The largest absolute Gasteiger partial charge is 0.488 e. The second-order valence-electron chi connectivity index (χ2n) is 7.69. The molecule has 6 rings (SSSR count). The first-order valence-electron chi connectivity index (χ1n) is 9.63. The van der Waals surface area contributed by atoms with Crippen LogP contribution in [0.15, 0.2) is 84.9 Å². The third kappa shape index (κ3) is 1.93. The highest BCUT2D eigenvalue weighted by Crippen LogP contribution is 2.62. The van der Waals surface area contributed by atoms with Crippen molar-refractivity contribution in [2.45, 2.75) is 5.41 Å². The van der Waals surface area contributed by atoms with Crippen LogP contribution in [0.5, 0.6) is 0 Å². The van der Waals surface area contributed by atoms with Crippen LogP contribution in [-0.4, -0.2) is 17.2 Å². The topological polar surface area (TPSA) is 40.5 Å². The van der Waals surface area contributed by atoms with Crippen molar-refractivity contribution in [3.8, 4) is 22.3 Å². The normalized spacial score (nSPS) is 14.3. The minimum Gasteiger partial charge on any atom is -0.423 e. The third-order valence-electron chi connectivity index (χ3n) is 6.37. The van der Waals surface area contributed by atoms with Crippen molar-refractivity contribution in [1.29, 1.82) is 0 Å². The van der Waals surface area contributed by atoms with Gasteiger partial charge in [0.25, 0.3) is 0 Å². The van der Waals surface area contributed by atoms with Crippen LogP contribution < -0.4 is 5.46 Å². The summed E-state index contributed by atoms with van der Waals surface area (Å²) >= 11 is 0. The zero-order valence-corrected chi connectivity index (χ0v) is 15.4. The molecule has 0 aliphatic heterocycles. The maximum absolute atomic E-state index is 15.4. The lowest BCUT2D eigenvalue weighted by Crippen LogP contribution is -2.33. The van der Waals surface area contributed by atoms with E-state index in [0.29, 0.717) is 5.56 Å². The summed E-state index contributed by atoms with van der Waals surface area (Å²) < 4.78 is 15.4. The molecule has 2 aliphatic rings. The lowest BCUT2D eigenvalue weighted by molar-refractivity contribution is 0.425. The molecular weight excluding hydrogens is 362 g/mol. The van der Waals surface area contributed by atoms with Crippen LogP contribution in [0.3, 0.4) is 0 Å². The van der Waals surface area contributed by atoms with Crippen molar-refractivity contribution in [1.82, 2.24) is 0 Å². The number of rotatable bonds is 1. The lowest BCUT2D eigenvalue weighted by atomic mass is 9.68. The molecule has 0 fully saturated rings. The zero-order chi connectivity index (χ0) is 19.8. The van der Waals surface area contributed by atoms with Gasteiger partial charge >= 0.3 is 7.12 Å². The van der Waals surface area contributed by atoms with Gasteiger partial charge in [0.15, 0.2) is 0 Å². The summed E-state index contributed by atoms with van der Waals surface area (Å²) in [5, 5.41) is 19.6. The van der Waals surface area contributed by atoms with Crippen molar-refractivity contribution in [2.24, 2.45) is 0 Å². The summed E-state index contributed by atoms with van der Waals surface area (Å²) in [7, 11) is -1.73. The van der Waals surface area contributed by atoms with E-state index in [1.807, 2.05) is 42.5 Å². The molecule has 0 amide bonds. The van der Waals surface area contributed by atoms with Crippen molar-refractivity contribution in [3.63, 3.8) is 0 Å². The average Bonchev–Trinajstić information content (AvgIpc) is 3.21. The fraction of sp³-hybridized carbons (Fsp3) is 0.0400. The molecule has 4 aromatic rings. The molecule has 4 aromatic carbocycles. The monoisotopic (exact) mass is 378 g/mol. The first kappa shape index (κ1) is 16.7. The maximum atomic E-state index is 15.4. The number of fused-ring (bicyclic) bond motifs is 10. The molecule has 1 spiro atoms. The number of hydrogen-bond acceptors (Lipinski definition) is 2. The molecule has 4 heteroatoms.